The molecule has 168 valence electrons. The Balaban J connectivity index is 1.68. The fourth-order valence-corrected chi connectivity index (χ4v) is 3.56. The van der Waals surface area contributed by atoms with Gasteiger partial charge in [0.05, 0.1) is 22.2 Å². The molecule has 0 atom stereocenters. The highest BCUT2D eigenvalue weighted by Crippen LogP contribution is 2.37. The number of carboxylic acid groups (broad SMARTS) is 1. The average molecular weight is 478 g/mol. The number of halogens is 3. The van der Waals surface area contributed by atoms with Crippen LogP contribution in [0.1, 0.15) is 34.0 Å². The highest BCUT2D eigenvalue weighted by Gasteiger charge is 2.15. The van der Waals surface area contributed by atoms with Gasteiger partial charge in [0.2, 0.25) is 0 Å². The number of carbonyl (C=O) groups is 1. The van der Waals surface area contributed by atoms with E-state index in [1.54, 1.807) is 36.4 Å². The van der Waals surface area contributed by atoms with Crippen molar-refractivity contribution in [2.75, 3.05) is 6.61 Å². The van der Waals surface area contributed by atoms with Crippen LogP contribution < -0.4 is 14.8 Å². The predicted octanol–water partition coefficient (Wildman–Crippen LogP) is 6.10. The molecule has 3 aromatic rings. The largest absolute Gasteiger partial charge is 0.490 e. The van der Waals surface area contributed by atoms with Crippen LogP contribution in [0.25, 0.3) is 0 Å². The first-order chi connectivity index (χ1) is 15.4. The van der Waals surface area contributed by atoms with Crippen molar-refractivity contribution in [1.82, 2.24) is 5.32 Å². The Morgan fingerprint density at radius 2 is 1.72 bits per heavy atom. The van der Waals surface area contributed by atoms with E-state index in [1.807, 2.05) is 13.0 Å². The molecule has 0 aliphatic heterocycles. The number of hydrogen-bond donors (Lipinski definition) is 2. The van der Waals surface area contributed by atoms with Crippen LogP contribution in [-0.2, 0) is 19.7 Å². The van der Waals surface area contributed by atoms with Crippen LogP contribution in [-0.4, -0.2) is 17.7 Å². The Kier molecular flexibility index (Phi) is 8.33. The Hall–Kier alpha value is -2.80. The van der Waals surface area contributed by atoms with E-state index in [0.717, 1.165) is 11.1 Å². The summed E-state index contributed by atoms with van der Waals surface area (Å²) < 4.78 is 25.5. The molecule has 3 aromatic carbocycles. The third kappa shape index (κ3) is 6.13. The summed E-state index contributed by atoms with van der Waals surface area (Å²) in [6.07, 6.45) is 0. The van der Waals surface area contributed by atoms with Gasteiger partial charge in [-0.2, -0.15) is 0 Å². The van der Waals surface area contributed by atoms with Gasteiger partial charge < -0.3 is 19.9 Å². The number of ether oxygens (including phenoxy) is 2. The molecule has 0 spiro atoms. The molecule has 0 amide bonds. The maximum Gasteiger partial charge on any atom is 0.335 e. The molecule has 0 saturated carbocycles. The number of nitrogens with one attached hydrogen (secondary N) is 1. The zero-order valence-corrected chi connectivity index (χ0v) is 18.8. The molecule has 0 heterocycles. The van der Waals surface area contributed by atoms with Crippen molar-refractivity contribution in [3.05, 3.63) is 92.7 Å². The van der Waals surface area contributed by atoms with E-state index >= 15 is 0 Å². The molecule has 0 saturated heterocycles. The molecule has 0 aliphatic carbocycles. The first kappa shape index (κ1) is 23.9. The lowest BCUT2D eigenvalue weighted by Crippen LogP contribution is -2.13. The smallest absolute Gasteiger partial charge is 0.335 e. The summed E-state index contributed by atoms with van der Waals surface area (Å²) >= 11 is 12.5. The second kappa shape index (κ2) is 11.2. The second-order valence-corrected chi connectivity index (χ2v) is 7.75. The van der Waals surface area contributed by atoms with Crippen LogP contribution in [0.3, 0.4) is 0 Å². The maximum absolute atomic E-state index is 14.0. The first-order valence-corrected chi connectivity index (χ1v) is 10.7. The zero-order chi connectivity index (χ0) is 23.1. The van der Waals surface area contributed by atoms with Crippen LogP contribution >= 0.6 is 23.2 Å². The molecule has 0 aliphatic rings. The fraction of sp³-hybridized carbons (Fsp3) is 0.208. The molecule has 0 aromatic heterocycles. The van der Waals surface area contributed by atoms with Crippen LogP contribution in [0.15, 0.2) is 54.6 Å². The topological polar surface area (TPSA) is 67.8 Å². The molecule has 0 radical (unpaired) electrons. The molecule has 32 heavy (non-hydrogen) atoms. The fourth-order valence-electron chi connectivity index (χ4n) is 3.06. The number of benzene rings is 3. The Bertz CT molecular complexity index is 1070. The monoisotopic (exact) mass is 477 g/mol. The predicted molar refractivity (Wildman–Crippen MR) is 122 cm³/mol. The SMILES string of the molecule is CCOc1cc(CNCc2ccc(C(=O)O)cc2)cc(Cl)c1OCc1c(F)cccc1Cl. The van der Waals surface area contributed by atoms with Gasteiger partial charge in [-0.05, 0) is 54.4 Å². The number of carboxylic acids is 1. The molecule has 5 nitrogen and oxygen atoms in total. The summed E-state index contributed by atoms with van der Waals surface area (Å²) in [4.78, 5) is 10.9. The highest BCUT2D eigenvalue weighted by atomic mass is 35.5. The van der Waals surface area contributed by atoms with E-state index < -0.39 is 11.8 Å². The lowest BCUT2D eigenvalue weighted by atomic mass is 10.1. The van der Waals surface area contributed by atoms with Gasteiger partial charge in [-0.25, -0.2) is 9.18 Å². The lowest BCUT2D eigenvalue weighted by Gasteiger charge is -2.16. The number of hydrogen-bond acceptors (Lipinski definition) is 4. The van der Waals surface area contributed by atoms with E-state index in [4.69, 9.17) is 37.8 Å². The maximum atomic E-state index is 14.0. The number of rotatable bonds is 10. The van der Waals surface area contributed by atoms with Crippen molar-refractivity contribution in [2.24, 2.45) is 0 Å². The molecule has 0 fully saturated rings. The molecular weight excluding hydrogens is 456 g/mol. The number of aromatic carboxylic acids is 1. The van der Waals surface area contributed by atoms with Crippen LogP contribution in [0.2, 0.25) is 10.0 Å². The normalized spacial score (nSPS) is 10.8. The first-order valence-electron chi connectivity index (χ1n) is 9.93. The van der Waals surface area contributed by atoms with Crippen LogP contribution in [0.5, 0.6) is 11.5 Å². The van der Waals surface area contributed by atoms with Gasteiger partial charge in [0, 0.05) is 18.7 Å². The summed E-state index contributed by atoms with van der Waals surface area (Å²) in [5, 5.41) is 12.9. The molecule has 0 bridgehead atoms. The van der Waals surface area contributed by atoms with Crippen LogP contribution in [0, 0.1) is 5.82 Å². The summed E-state index contributed by atoms with van der Waals surface area (Å²) in [5.74, 6) is -0.637. The Labute approximate surface area is 195 Å². The van der Waals surface area contributed by atoms with Crippen LogP contribution in [0.4, 0.5) is 4.39 Å². The minimum atomic E-state index is -0.956. The van der Waals surface area contributed by atoms with Crippen molar-refractivity contribution in [2.45, 2.75) is 26.6 Å². The molecule has 3 rings (SSSR count). The Morgan fingerprint density at radius 3 is 2.38 bits per heavy atom. The van der Waals surface area contributed by atoms with Gasteiger partial charge in [-0.3, -0.25) is 0 Å². The standard InChI is InChI=1S/C24H22Cl2FNO4/c1-2-31-22-11-16(13-28-12-15-6-8-17(9-7-15)24(29)30)10-20(26)23(22)32-14-18-19(25)4-3-5-21(18)27/h3-11,28H,2,12-14H2,1H3,(H,29,30). The van der Waals surface area contributed by atoms with Gasteiger partial charge >= 0.3 is 5.97 Å². The molecule has 0 unspecified atom stereocenters. The third-order valence-corrected chi connectivity index (χ3v) is 5.29. The minimum Gasteiger partial charge on any atom is -0.490 e. The molecule has 8 heteroatoms. The van der Waals surface area contributed by atoms with Crippen molar-refractivity contribution >= 4 is 29.2 Å². The molecular formula is C24H22Cl2FNO4. The minimum absolute atomic E-state index is 0.0881. The summed E-state index contributed by atoms with van der Waals surface area (Å²) in [5.41, 5.74) is 2.31. The molecule has 2 N–H and O–H groups in total. The van der Waals surface area contributed by atoms with E-state index in [2.05, 4.69) is 5.32 Å². The average Bonchev–Trinajstić information content (AvgIpc) is 2.75. The summed E-state index contributed by atoms with van der Waals surface area (Å²) in [6, 6.07) is 14.7. The van der Waals surface area contributed by atoms with Crippen molar-refractivity contribution in [3.63, 3.8) is 0 Å². The van der Waals surface area contributed by atoms with Crippen molar-refractivity contribution < 1.29 is 23.8 Å². The van der Waals surface area contributed by atoms with E-state index in [0.29, 0.717) is 36.2 Å². The van der Waals surface area contributed by atoms with Gasteiger partial charge in [-0.15, -0.1) is 0 Å². The van der Waals surface area contributed by atoms with Gasteiger partial charge in [0.1, 0.15) is 12.4 Å². The van der Waals surface area contributed by atoms with Gasteiger partial charge in [0.15, 0.2) is 11.5 Å². The summed E-state index contributed by atoms with van der Waals surface area (Å²) in [7, 11) is 0. The lowest BCUT2D eigenvalue weighted by molar-refractivity contribution is 0.0697. The van der Waals surface area contributed by atoms with E-state index in [9.17, 15) is 9.18 Å². The highest BCUT2D eigenvalue weighted by molar-refractivity contribution is 6.32. The third-order valence-electron chi connectivity index (χ3n) is 4.65. The van der Waals surface area contributed by atoms with Gasteiger partial charge in [0.25, 0.3) is 0 Å². The van der Waals surface area contributed by atoms with Gasteiger partial charge in [-0.1, -0.05) is 41.4 Å². The van der Waals surface area contributed by atoms with Crippen molar-refractivity contribution in [1.29, 1.82) is 0 Å². The van der Waals surface area contributed by atoms with E-state index in [-0.39, 0.29) is 22.8 Å². The second-order valence-electron chi connectivity index (χ2n) is 6.93. The Morgan fingerprint density at radius 1 is 1.00 bits per heavy atom. The van der Waals surface area contributed by atoms with Crippen molar-refractivity contribution in [3.8, 4) is 11.5 Å². The zero-order valence-electron chi connectivity index (χ0n) is 17.3. The van der Waals surface area contributed by atoms with E-state index in [1.165, 1.54) is 12.1 Å². The quantitative estimate of drug-likeness (QED) is 0.369. The summed E-state index contributed by atoms with van der Waals surface area (Å²) in [6.45, 7) is 3.21.